The number of benzene rings is 4. The average molecular weight is 531 g/mol. The Labute approximate surface area is 207 Å². The van der Waals surface area contributed by atoms with Crippen molar-refractivity contribution in [3.63, 3.8) is 0 Å². The first-order valence-electron chi connectivity index (χ1n) is 11.3. The van der Waals surface area contributed by atoms with Crippen molar-refractivity contribution in [2.24, 2.45) is 5.92 Å². The fraction of sp³-hybridized carbons (Fsp3) is 0.143. The normalized spacial score (nSPS) is 21.0. The molecule has 1 aliphatic carbocycles. The molecule has 1 aliphatic heterocycles. The topological polar surface area (TPSA) is 58.2 Å². The van der Waals surface area contributed by atoms with Crippen LogP contribution in [0, 0.1) is 5.92 Å². The summed E-state index contributed by atoms with van der Waals surface area (Å²) in [5.41, 5.74) is 3.82. The number of fused-ring (bicyclic) bond motifs is 4. The van der Waals surface area contributed by atoms with Crippen LogP contribution in [0.25, 0.3) is 10.8 Å². The van der Waals surface area contributed by atoms with E-state index in [1.165, 1.54) is 5.56 Å². The lowest BCUT2D eigenvalue weighted by molar-refractivity contribution is 0.424. The molecular weight excluding hydrogens is 508 g/mol. The number of nitrogens with one attached hydrogen (secondary N) is 2. The van der Waals surface area contributed by atoms with Crippen LogP contribution in [0.4, 0.5) is 11.4 Å². The van der Waals surface area contributed by atoms with E-state index in [9.17, 15) is 8.42 Å². The standard InChI is InChI=1S/C28H23BrN2O2S/c29-25-13-4-3-10-23(25)28-22-12-6-11-21(22)24-17-19(15-16-26(24)30-28)34(32,33)31-27-14-5-8-18-7-1-2-9-20(18)27/h1-11,13-17,21-22,28,30-31H,12H2/t21-,22+,28-/m1/s1. The molecule has 170 valence electrons. The summed E-state index contributed by atoms with van der Waals surface area (Å²) in [5.74, 6) is 0.497. The Kier molecular flexibility index (Phi) is 5.23. The van der Waals surface area contributed by atoms with Gasteiger partial charge in [0.05, 0.1) is 16.6 Å². The Hall–Kier alpha value is -3.09. The number of hydrogen-bond acceptors (Lipinski definition) is 3. The van der Waals surface area contributed by atoms with Crippen LogP contribution in [-0.2, 0) is 10.0 Å². The molecule has 0 aromatic heterocycles. The maximum atomic E-state index is 13.4. The van der Waals surface area contributed by atoms with Gasteiger partial charge in [-0.25, -0.2) is 8.42 Å². The number of rotatable bonds is 4. The van der Waals surface area contributed by atoms with Crippen molar-refractivity contribution in [2.75, 3.05) is 10.0 Å². The van der Waals surface area contributed by atoms with Crippen molar-refractivity contribution >= 4 is 48.1 Å². The van der Waals surface area contributed by atoms with Crippen molar-refractivity contribution in [2.45, 2.75) is 23.3 Å². The van der Waals surface area contributed by atoms with Gasteiger partial charge in [-0.2, -0.15) is 0 Å². The summed E-state index contributed by atoms with van der Waals surface area (Å²) < 4.78 is 30.7. The van der Waals surface area contributed by atoms with Gasteiger partial charge in [0.1, 0.15) is 0 Å². The minimum absolute atomic E-state index is 0.152. The zero-order chi connectivity index (χ0) is 23.3. The minimum Gasteiger partial charge on any atom is -0.378 e. The molecule has 0 saturated carbocycles. The number of sulfonamides is 1. The highest BCUT2D eigenvalue weighted by molar-refractivity contribution is 9.10. The molecule has 0 fully saturated rings. The van der Waals surface area contributed by atoms with Crippen LogP contribution in [0.5, 0.6) is 0 Å². The number of allylic oxidation sites excluding steroid dienone is 2. The van der Waals surface area contributed by atoms with Gasteiger partial charge in [-0.15, -0.1) is 0 Å². The first kappa shape index (κ1) is 21.4. The van der Waals surface area contributed by atoms with E-state index < -0.39 is 10.0 Å². The lowest BCUT2D eigenvalue weighted by Gasteiger charge is -2.38. The molecule has 0 bridgehead atoms. The summed E-state index contributed by atoms with van der Waals surface area (Å²) >= 11 is 3.71. The molecule has 2 N–H and O–H groups in total. The van der Waals surface area contributed by atoms with Gasteiger partial charge in [0.25, 0.3) is 10.0 Å². The molecule has 1 heterocycles. The van der Waals surface area contributed by atoms with E-state index in [2.05, 4.69) is 56.3 Å². The van der Waals surface area contributed by atoms with Crippen LogP contribution in [0.1, 0.15) is 29.5 Å². The summed E-state index contributed by atoms with van der Waals surface area (Å²) in [6.45, 7) is 0. The average Bonchev–Trinajstić information content (AvgIpc) is 3.34. The molecule has 4 nitrogen and oxygen atoms in total. The highest BCUT2D eigenvalue weighted by Crippen LogP contribution is 2.51. The Morgan fingerprint density at radius 2 is 1.68 bits per heavy atom. The van der Waals surface area contributed by atoms with Crippen molar-refractivity contribution in [1.29, 1.82) is 0 Å². The van der Waals surface area contributed by atoms with E-state index >= 15 is 0 Å². The molecule has 0 saturated heterocycles. The molecule has 6 heteroatoms. The Bertz CT molecular complexity index is 1540. The monoisotopic (exact) mass is 530 g/mol. The zero-order valence-electron chi connectivity index (χ0n) is 18.3. The summed E-state index contributed by atoms with van der Waals surface area (Å²) in [6, 6.07) is 27.3. The second-order valence-electron chi connectivity index (χ2n) is 8.88. The molecule has 0 amide bonds. The lowest BCUT2D eigenvalue weighted by atomic mass is 9.77. The maximum Gasteiger partial charge on any atom is 0.261 e. The third-order valence-corrected chi connectivity index (χ3v) is 9.00. The van der Waals surface area contributed by atoms with Crippen molar-refractivity contribution in [3.8, 4) is 0 Å². The van der Waals surface area contributed by atoms with Crippen LogP contribution in [-0.4, -0.2) is 8.42 Å². The van der Waals surface area contributed by atoms with E-state index in [1.54, 1.807) is 12.1 Å². The SMILES string of the molecule is O=S(=O)(Nc1cccc2ccccc12)c1ccc2c(c1)[C@@H]1C=CC[C@@H]1[C@H](c1ccccc1Br)N2. The van der Waals surface area contributed by atoms with Crippen molar-refractivity contribution in [3.05, 3.63) is 113 Å². The van der Waals surface area contributed by atoms with Gasteiger partial charge in [-0.05, 0) is 59.2 Å². The van der Waals surface area contributed by atoms with Gasteiger partial charge < -0.3 is 5.32 Å². The quantitative estimate of drug-likeness (QED) is 0.273. The minimum atomic E-state index is -3.75. The molecule has 3 atom stereocenters. The number of halogens is 1. The van der Waals surface area contributed by atoms with E-state index in [0.717, 1.165) is 32.9 Å². The lowest BCUT2D eigenvalue weighted by Crippen LogP contribution is -2.29. The Balaban J connectivity index is 1.37. The molecule has 0 spiro atoms. The third-order valence-electron chi connectivity index (χ3n) is 6.92. The number of anilines is 2. The van der Waals surface area contributed by atoms with Gasteiger partial charge in [0, 0.05) is 21.5 Å². The third kappa shape index (κ3) is 3.62. The highest BCUT2D eigenvalue weighted by atomic mass is 79.9. The second-order valence-corrected chi connectivity index (χ2v) is 11.4. The van der Waals surface area contributed by atoms with Crippen LogP contribution >= 0.6 is 15.9 Å². The summed E-state index contributed by atoms with van der Waals surface area (Å²) in [4.78, 5) is 0.277. The van der Waals surface area contributed by atoms with Gasteiger partial charge in [0.2, 0.25) is 0 Å². The zero-order valence-corrected chi connectivity index (χ0v) is 20.7. The van der Waals surface area contributed by atoms with Crippen LogP contribution in [0.3, 0.4) is 0 Å². The fourth-order valence-electron chi connectivity index (χ4n) is 5.29. The molecule has 6 rings (SSSR count). The van der Waals surface area contributed by atoms with Gasteiger partial charge >= 0.3 is 0 Å². The van der Waals surface area contributed by atoms with Gasteiger partial charge in [0.15, 0.2) is 0 Å². The molecule has 2 aliphatic rings. The van der Waals surface area contributed by atoms with E-state index in [1.807, 2.05) is 54.6 Å². The second kappa shape index (κ2) is 8.29. The number of hydrogen-bond donors (Lipinski definition) is 2. The predicted molar refractivity (Wildman–Crippen MR) is 142 cm³/mol. The molecule has 0 unspecified atom stereocenters. The Morgan fingerprint density at radius 3 is 2.56 bits per heavy atom. The molecular formula is C28H23BrN2O2S. The van der Waals surface area contributed by atoms with E-state index in [0.29, 0.717) is 11.6 Å². The molecule has 34 heavy (non-hydrogen) atoms. The maximum absolute atomic E-state index is 13.4. The van der Waals surface area contributed by atoms with Crippen LogP contribution in [0.15, 0.2) is 106 Å². The van der Waals surface area contributed by atoms with Crippen molar-refractivity contribution in [1.82, 2.24) is 0 Å². The van der Waals surface area contributed by atoms with Crippen LogP contribution in [0.2, 0.25) is 0 Å². The van der Waals surface area contributed by atoms with Gasteiger partial charge in [-0.1, -0.05) is 82.7 Å². The summed E-state index contributed by atoms with van der Waals surface area (Å²) in [5, 5.41) is 5.57. The largest absolute Gasteiger partial charge is 0.378 e. The smallest absolute Gasteiger partial charge is 0.261 e. The van der Waals surface area contributed by atoms with E-state index in [-0.39, 0.29) is 16.9 Å². The van der Waals surface area contributed by atoms with Crippen molar-refractivity contribution < 1.29 is 8.42 Å². The predicted octanol–water partition coefficient (Wildman–Crippen LogP) is 7.23. The molecule has 0 radical (unpaired) electrons. The molecule has 4 aromatic carbocycles. The van der Waals surface area contributed by atoms with Gasteiger partial charge in [-0.3, -0.25) is 4.72 Å². The fourth-order valence-corrected chi connectivity index (χ4v) is 6.94. The highest BCUT2D eigenvalue weighted by Gasteiger charge is 2.39. The summed E-state index contributed by atoms with van der Waals surface area (Å²) in [7, 11) is -3.75. The summed E-state index contributed by atoms with van der Waals surface area (Å²) in [6.07, 6.45) is 5.39. The molecule has 4 aromatic rings. The van der Waals surface area contributed by atoms with E-state index in [4.69, 9.17) is 0 Å². The first-order chi connectivity index (χ1) is 16.5. The van der Waals surface area contributed by atoms with Crippen LogP contribution < -0.4 is 10.0 Å². The Morgan fingerprint density at radius 1 is 0.882 bits per heavy atom. The first-order valence-corrected chi connectivity index (χ1v) is 13.6.